The SMILES string of the molecule is c1cc2sc3ccc4cscc4c3c2c2cscc12. The molecular weight excluding hydrogens is 288 g/mol. The fraction of sp³-hybridized carbons (Fsp3) is 0. The summed E-state index contributed by atoms with van der Waals surface area (Å²) in [6.45, 7) is 0. The molecule has 0 aliphatic heterocycles. The van der Waals surface area contributed by atoms with Crippen LogP contribution in [0.2, 0.25) is 0 Å². The summed E-state index contributed by atoms with van der Waals surface area (Å²) in [5, 5.41) is 17.5. The Kier molecular flexibility index (Phi) is 1.95. The van der Waals surface area contributed by atoms with Gasteiger partial charge in [0.2, 0.25) is 0 Å². The van der Waals surface area contributed by atoms with Crippen LogP contribution in [0.3, 0.4) is 0 Å². The molecule has 0 spiro atoms. The summed E-state index contributed by atoms with van der Waals surface area (Å²) in [5.74, 6) is 0. The number of benzene rings is 2. The van der Waals surface area contributed by atoms with Crippen LogP contribution < -0.4 is 0 Å². The first-order valence-electron chi connectivity index (χ1n) is 6.08. The van der Waals surface area contributed by atoms with E-state index in [0.29, 0.717) is 0 Å². The van der Waals surface area contributed by atoms with Crippen molar-refractivity contribution in [3.05, 3.63) is 45.8 Å². The van der Waals surface area contributed by atoms with Crippen LogP contribution >= 0.6 is 34.0 Å². The van der Waals surface area contributed by atoms with Crippen LogP contribution in [0.15, 0.2) is 45.8 Å². The number of thiophene rings is 3. The fourth-order valence-corrected chi connectivity index (χ4v) is 5.60. The van der Waals surface area contributed by atoms with E-state index >= 15 is 0 Å². The zero-order chi connectivity index (χ0) is 12.4. The fourth-order valence-electron chi connectivity index (χ4n) is 2.85. The van der Waals surface area contributed by atoms with Gasteiger partial charge >= 0.3 is 0 Å². The first-order chi connectivity index (χ1) is 9.42. The Morgan fingerprint density at radius 2 is 1.11 bits per heavy atom. The summed E-state index contributed by atoms with van der Waals surface area (Å²) >= 11 is 5.50. The Balaban J connectivity index is 2.23. The van der Waals surface area contributed by atoms with E-state index in [4.69, 9.17) is 0 Å². The molecule has 3 heterocycles. The Bertz CT molecular complexity index is 974. The van der Waals surface area contributed by atoms with Gasteiger partial charge in [-0.2, -0.15) is 22.7 Å². The Morgan fingerprint density at radius 1 is 0.579 bits per heavy atom. The van der Waals surface area contributed by atoms with Crippen molar-refractivity contribution in [2.24, 2.45) is 0 Å². The van der Waals surface area contributed by atoms with Crippen LogP contribution in [0.1, 0.15) is 0 Å². The third-order valence-corrected chi connectivity index (χ3v) is 6.36. The molecule has 0 nitrogen and oxygen atoms in total. The molecular formula is C16H8S3. The van der Waals surface area contributed by atoms with E-state index in [2.05, 4.69) is 45.8 Å². The van der Waals surface area contributed by atoms with Gasteiger partial charge in [-0.3, -0.25) is 0 Å². The van der Waals surface area contributed by atoms with Crippen LogP contribution in [-0.2, 0) is 0 Å². The van der Waals surface area contributed by atoms with Gasteiger partial charge in [0.05, 0.1) is 0 Å². The van der Waals surface area contributed by atoms with Crippen molar-refractivity contribution in [2.75, 3.05) is 0 Å². The van der Waals surface area contributed by atoms with Crippen LogP contribution in [0.5, 0.6) is 0 Å². The van der Waals surface area contributed by atoms with Gasteiger partial charge in [0.1, 0.15) is 0 Å². The van der Waals surface area contributed by atoms with Gasteiger partial charge in [-0.15, -0.1) is 11.3 Å². The molecule has 0 saturated heterocycles. The molecule has 0 fully saturated rings. The summed E-state index contributed by atoms with van der Waals surface area (Å²) in [7, 11) is 0. The molecule has 3 heteroatoms. The Morgan fingerprint density at radius 3 is 1.63 bits per heavy atom. The predicted octanol–water partition coefficient (Wildman–Crippen LogP) is 6.48. The highest BCUT2D eigenvalue weighted by atomic mass is 32.1. The second kappa shape index (κ2) is 3.57. The smallest absolute Gasteiger partial charge is 0.0362 e. The van der Waals surface area contributed by atoms with E-state index in [1.54, 1.807) is 22.7 Å². The topological polar surface area (TPSA) is 0 Å². The molecule has 3 aromatic heterocycles. The minimum Gasteiger partial charge on any atom is -0.151 e. The molecule has 0 saturated carbocycles. The third-order valence-electron chi connectivity index (χ3n) is 3.71. The molecule has 19 heavy (non-hydrogen) atoms. The quantitative estimate of drug-likeness (QED) is 0.306. The van der Waals surface area contributed by atoms with E-state index in [0.717, 1.165) is 0 Å². The van der Waals surface area contributed by atoms with Crippen LogP contribution in [0.25, 0.3) is 41.7 Å². The second-order valence-electron chi connectivity index (χ2n) is 4.73. The second-order valence-corrected chi connectivity index (χ2v) is 7.30. The maximum atomic E-state index is 2.29. The largest absolute Gasteiger partial charge is 0.151 e. The number of hydrogen-bond acceptors (Lipinski definition) is 3. The first-order valence-corrected chi connectivity index (χ1v) is 8.78. The summed E-state index contributed by atoms with van der Waals surface area (Å²) in [6, 6.07) is 9.03. The van der Waals surface area contributed by atoms with Crippen LogP contribution in [0.4, 0.5) is 0 Å². The standard InChI is InChI=1S/C16H8S3/c1-3-13-15(11-7-17-5-9(1)11)16-12-8-18-6-10(12)2-4-14(16)19-13/h1-8H. The summed E-state index contributed by atoms with van der Waals surface area (Å²) in [6.07, 6.45) is 0. The van der Waals surface area contributed by atoms with Gasteiger partial charge in [0.25, 0.3) is 0 Å². The van der Waals surface area contributed by atoms with E-state index in [-0.39, 0.29) is 0 Å². The highest BCUT2D eigenvalue weighted by Gasteiger charge is 2.12. The Hall–Kier alpha value is -1.42. The molecule has 90 valence electrons. The van der Waals surface area contributed by atoms with Crippen molar-refractivity contribution >= 4 is 75.7 Å². The van der Waals surface area contributed by atoms with E-state index < -0.39 is 0 Å². The highest BCUT2D eigenvalue weighted by Crippen LogP contribution is 2.43. The maximum absolute atomic E-state index is 2.29. The first kappa shape index (κ1) is 10.4. The predicted molar refractivity (Wildman–Crippen MR) is 90.1 cm³/mol. The molecule has 0 aliphatic carbocycles. The molecule has 5 aromatic rings. The minimum absolute atomic E-state index is 1.37. The molecule has 0 radical (unpaired) electrons. The van der Waals surface area contributed by atoms with Crippen molar-refractivity contribution in [2.45, 2.75) is 0 Å². The molecule has 0 atom stereocenters. The van der Waals surface area contributed by atoms with Crippen molar-refractivity contribution in [3.63, 3.8) is 0 Å². The lowest BCUT2D eigenvalue weighted by Crippen LogP contribution is -1.70. The van der Waals surface area contributed by atoms with Gasteiger partial charge < -0.3 is 0 Å². The van der Waals surface area contributed by atoms with E-state index in [9.17, 15) is 0 Å². The molecule has 0 unspecified atom stereocenters. The molecule has 2 aromatic carbocycles. The number of rotatable bonds is 0. The third kappa shape index (κ3) is 1.27. The molecule has 0 bridgehead atoms. The minimum atomic E-state index is 1.37. The molecule has 0 aliphatic rings. The van der Waals surface area contributed by atoms with Gasteiger partial charge in [-0.05, 0) is 44.4 Å². The lowest BCUT2D eigenvalue weighted by atomic mass is 10.0. The maximum Gasteiger partial charge on any atom is 0.0362 e. The van der Waals surface area contributed by atoms with Crippen molar-refractivity contribution < 1.29 is 0 Å². The normalized spacial score (nSPS) is 12.2. The zero-order valence-electron chi connectivity index (χ0n) is 9.84. The summed E-state index contributed by atoms with van der Waals surface area (Å²) in [5.41, 5.74) is 0. The molecule has 0 N–H and O–H groups in total. The van der Waals surface area contributed by atoms with Gasteiger partial charge in [-0.1, -0.05) is 12.1 Å². The molecule has 5 rings (SSSR count). The summed E-state index contributed by atoms with van der Waals surface area (Å²) < 4.78 is 2.80. The molecule has 0 amide bonds. The lowest BCUT2D eigenvalue weighted by molar-refractivity contribution is 2.01. The van der Waals surface area contributed by atoms with Gasteiger partial charge in [0, 0.05) is 30.9 Å². The van der Waals surface area contributed by atoms with Crippen LogP contribution in [-0.4, -0.2) is 0 Å². The number of hydrogen-bond donors (Lipinski definition) is 0. The van der Waals surface area contributed by atoms with E-state index in [1.165, 1.54) is 41.7 Å². The average molecular weight is 296 g/mol. The van der Waals surface area contributed by atoms with Crippen molar-refractivity contribution in [3.8, 4) is 0 Å². The summed E-state index contributed by atoms with van der Waals surface area (Å²) in [4.78, 5) is 0. The monoisotopic (exact) mass is 296 g/mol. The highest BCUT2D eigenvalue weighted by molar-refractivity contribution is 7.26. The van der Waals surface area contributed by atoms with Gasteiger partial charge in [0.15, 0.2) is 0 Å². The van der Waals surface area contributed by atoms with Crippen molar-refractivity contribution in [1.29, 1.82) is 0 Å². The number of fused-ring (bicyclic) bond motifs is 7. The lowest BCUT2D eigenvalue weighted by Gasteiger charge is -1.97. The van der Waals surface area contributed by atoms with Crippen molar-refractivity contribution in [1.82, 2.24) is 0 Å². The van der Waals surface area contributed by atoms with Gasteiger partial charge in [-0.25, -0.2) is 0 Å². The zero-order valence-corrected chi connectivity index (χ0v) is 12.3. The van der Waals surface area contributed by atoms with E-state index in [1.807, 2.05) is 11.3 Å². The average Bonchev–Trinajstić information content (AvgIpc) is 3.13. The Labute approximate surface area is 121 Å². The van der Waals surface area contributed by atoms with Crippen LogP contribution in [0, 0.1) is 0 Å².